The van der Waals surface area contributed by atoms with Gasteiger partial charge in [-0.05, 0) is 30.7 Å². The van der Waals surface area contributed by atoms with Gasteiger partial charge in [-0.15, -0.1) is 6.58 Å². The van der Waals surface area contributed by atoms with Gasteiger partial charge in [0, 0.05) is 6.54 Å². The summed E-state index contributed by atoms with van der Waals surface area (Å²) in [7, 11) is 0. The highest BCUT2D eigenvalue weighted by atomic mass is 19.4. The number of hydrogen-bond donors (Lipinski definition) is 2. The number of rotatable bonds is 6. The molecular formula is C13H16F3NO. The number of alkyl halides is 3. The highest BCUT2D eigenvalue weighted by Gasteiger charge is 2.30. The first-order valence-electron chi connectivity index (χ1n) is 5.62. The summed E-state index contributed by atoms with van der Waals surface area (Å²) in [5.41, 5.74) is -0.485. The van der Waals surface area contributed by atoms with Crippen LogP contribution in [0.2, 0.25) is 0 Å². The van der Waals surface area contributed by atoms with E-state index < -0.39 is 17.8 Å². The highest BCUT2D eigenvalue weighted by Crippen LogP contribution is 2.30. The average Bonchev–Trinajstić information content (AvgIpc) is 2.33. The smallest absolute Gasteiger partial charge is 0.387 e. The van der Waals surface area contributed by atoms with E-state index in [-0.39, 0.29) is 12.1 Å². The summed E-state index contributed by atoms with van der Waals surface area (Å²) in [5.74, 6) is 0. The number of aliphatic hydroxyl groups excluding tert-OH is 1. The first-order valence-corrected chi connectivity index (χ1v) is 5.62. The molecule has 0 saturated carbocycles. The summed E-state index contributed by atoms with van der Waals surface area (Å²) in [6.07, 6.45) is -2.86. The summed E-state index contributed by atoms with van der Waals surface area (Å²) < 4.78 is 37.4. The van der Waals surface area contributed by atoms with E-state index in [4.69, 9.17) is 0 Å². The van der Waals surface area contributed by atoms with Crippen LogP contribution in [-0.2, 0) is 6.18 Å². The van der Waals surface area contributed by atoms with Crippen LogP contribution in [0, 0.1) is 0 Å². The van der Waals surface area contributed by atoms with Gasteiger partial charge in [-0.3, -0.25) is 0 Å². The van der Waals surface area contributed by atoms with Crippen molar-refractivity contribution >= 4 is 0 Å². The summed E-state index contributed by atoms with van der Waals surface area (Å²) in [6.45, 7) is 4.40. The second-order valence-electron chi connectivity index (χ2n) is 3.92. The Morgan fingerprint density at radius 1 is 1.39 bits per heavy atom. The molecule has 100 valence electrons. The monoisotopic (exact) mass is 259 g/mol. The van der Waals surface area contributed by atoms with E-state index in [2.05, 4.69) is 11.9 Å². The zero-order chi connectivity index (χ0) is 13.6. The summed E-state index contributed by atoms with van der Waals surface area (Å²) in [4.78, 5) is 0. The van der Waals surface area contributed by atoms with Crippen molar-refractivity contribution in [1.29, 1.82) is 0 Å². The maximum absolute atomic E-state index is 12.5. The minimum atomic E-state index is -4.38. The van der Waals surface area contributed by atoms with Gasteiger partial charge in [0.1, 0.15) is 0 Å². The molecule has 0 radical (unpaired) electrons. The highest BCUT2D eigenvalue weighted by molar-refractivity contribution is 5.27. The van der Waals surface area contributed by atoms with Crippen LogP contribution in [0.1, 0.15) is 23.7 Å². The lowest BCUT2D eigenvalue weighted by Gasteiger charge is -2.14. The third-order valence-corrected chi connectivity index (χ3v) is 2.46. The molecule has 2 N–H and O–H groups in total. The quantitative estimate of drug-likeness (QED) is 0.608. The maximum Gasteiger partial charge on any atom is 0.416 e. The Balaban J connectivity index is 2.62. The molecule has 1 aromatic rings. The van der Waals surface area contributed by atoms with Crippen molar-refractivity contribution in [1.82, 2.24) is 5.32 Å². The van der Waals surface area contributed by atoms with Crippen LogP contribution >= 0.6 is 0 Å². The van der Waals surface area contributed by atoms with E-state index >= 15 is 0 Å². The Kier molecular flexibility index (Phi) is 5.37. The van der Waals surface area contributed by atoms with Crippen LogP contribution in [0.5, 0.6) is 0 Å². The van der Waals surface area contributed by atoms with E-state index in [0.29, 0.717) is 6.54 Å². The zero-order valence-electron chi connectivity index (χ0n) is 9.87. The molecule has 18 heavy (non-hydrogen) atoms. The Bertz CT molecular complexity index is 390. The Morgan fingerprint density at radius 3 is 2.72 bits per heavy atom. The van der Waals surface area contributed by atoms with Crippen molar-refractivity contribution in [3.8, 4) is 0 Å². The maximum atomic E-state index is 12.5. The lowest BCUT2D eigenvalue weighted by atomic mass is 10.1. The van der Waals surface area contributed by atoms with Crippen LogP contribution in [0.25, 0.3) is 0 Å². The normalized spacial score (nSPS) is 13.3. The van der Waals surface area contributed by atoms with Crippen molar-refractivity contribution in [2.45, 2.75) is 18.7 Å². The third-order valence-electron chi connectivity index (χ3n) is 2.46. The van der Waals surface area contributed by atoms with Gasteiger partial charge in [0.15, 0.2) is 0 Å². The summed E-state index contributed by atoms with van der Waals surface area (Å²) in [5, 5.41) is 12.7. The predicted octanol–water partition coefficient (Wildman–Crippen LogP) is 2.90. The molecule has 1 atom stereocenters. The van der Waals surface area contributed by atoms with Crippen molar-refractivity contribution < 1.29 is 18.3 Å². The first-order chi connectivity index (χ1) is 8.45. The number of nitrogens with one attached hydrogen (secondary N) is 1. The van der Waals surface area contributed by atoms with Crippen LogP contribution in [-0.4, -0.2) is 18.2 Å². The average molecular weight is 259 g/mol. The Hall–Kier alpha value is -1.33. The van der Waals surface area contributed by atoms with E-state index in [1.54, 1.807) is 6.08 Å². The topological polar surface area (TPSA) is 32.3 Å². The number of aliphatic hydroxyl groups is 1. The molecule has 1 rings (SSSR count). The van der Waals surface area contributed by atoms with E-state index in [1.807, 2.05) is 0 Å². The molecule has 0 aliphatic rings. The molecule has 0 saturated heterocycles. The molecule has 5 heteroatoms. The Labute approximate surface area is 104 Å². The van der Waals surface area contributed by atoms with Gasteiger partial charge in [0.05, 0.1) is 11.7 Å². The van der Waals surface area contributed by atoms with Crippen molar-refractivity contribution in [3.05, 3.63) is 48.0 Å². The second-order valence-corrected chi connectivity index (χ2v) is 3.92. The molecule has 0 aliphatic carbocycles. The zero-order valence-corrected chi connectivity index (χ0v) is 9.87. The molecule has 0 aromatic heterocycles. The number of hydrogen-bond acceptors (Lipinski definition) is 2. The minimum Gasteiger partial charge on any atom is -0.387 e. The van der Waals surface area contributed by atoms with E-state index in [0.717, 1.165) is 18.6 Å². The third kappa shape index (κ3) is 4.50. The van der Waals surface area contributed by atoms with Crippen LogP contribution in [0.4, 0.5) is 13.2 Å². The van der Waals surface area contributed by atoms with Gasteiger partial charge < -0.3 is 10.4 Å². The second kappa shape index (κ2) is 6.56. The predicted molar refractivity (Wildman–Crippen MR) is 64.1 cm³/mol. The first kappa shape index (κ1) is 14.7. The molecule has 0 heterocycles. The van der Waals surface area contributed by atoms with Crippen molar-refractivity contribution in [2.75, 3.05) is 13.1 Å². The fraction of sp³-hybridized carbons (Fsp3) is 0.385. The standard InChI is InChI=1S/C13H16F3NO/c1-2-3-7-17-9-12(18)10-5-4-6-11(8-10)13(14,15)16/h2,4-6,8,12,17-18H,1,3,7,9H2. The molecule has 1 aromatic carbocycles. The van der Waals surface area contributed by atoms with Crippen molar-refractivity contribution in [2.24, 2.45) is 0 Å². The number of benzene rings is 1. The SMILES string of the molecule is C=CCCNCC(O)c1cccc(C(F)(F)F)c1. The van der Waals surface area contributed by atoms with Crippen molar-refractivity contribution in [3.63, 3.8) is 0 Å². The molecule has 2 nitrogen and oxygen atoms in total. The minimum absolute atomic E-state index is 0.217. The van der Waals surface area contributed by atoms with Gasteiger partial charge in [-0.1, -0.05) is 18.2 Å². The van der Waals surface area contributed by atoms with Gasteiger partial charge in [0.2, 0.25) is 0 Å². The molecule has 0 amide bonds. The molecule has 0 fully saturated rings. The molecule has 0 spiro atoms. The van der Waals surface area contributed by atoms with Gasteiger partial charge in [-0.25, -0.2) is 0 Å². The molecular weight excluding hydrogens is 243 g/mol. The Morgan fingerprint density at radius 2 is 2.11 bits per heavy atom. The van der Waals surface area contributed by atoms with Gasteiger partial charge in [0.25, 0.3) is 0 Å². The molecule has 1 unspecified atom stereocenters. The lowest BCUT2D eigenvalue weighted by molar-refractivity contribution is -0.137. The summed E-state index contributed by atoms with van der Waals surface area (Å²) in [6, 6.07) is 4.74. The van der Waals surface area contributed by atoms with E-state index in [9.17, 15) is 18.3 Å². The van der Waals surface area contributed by atoms with Crippen LogP contribution in [0.3, 0.4) is 0 Å². The molecule has 0 aliphatic heterocycles. The fourth-order valence-corrected chi connectivity index (χ4v) is 1.48. The fourth-order valence-electron chi connectivity index (χ4n) is 1.48. The molecule has 0 bridgehead atoms. The van der Waals surface area contributed by atoms with Crippen LogP contribution in [0.15, 0.2) is 36.9 Å². The largest absolute Gasteiger partial charge is 0.416 e. The van der Waals surface area contributed by atoms with E-state index in [1.165, 1.54) is 12.1 Å². The van der Waals surface area contributed by atoms with Gasteiger partial charge in [-0.2, -0.15) is 13.2 Å². The van der Waals surface area contributed by atoms with Crippen LogP contribution < -0.4 is 5.32 Å². The van der Waals surface area contributed by atoms with Gasteiger partial charge >= 0.3 is 6.18 Å². The summed E-state index contributed by atoms with van der Waals surface area (Å²) >= 11 is 0. The lowest BCUT2D eigenvalue weighted by Crippen LogP contribution is -2.22. The number of halogens is 3.